The maximum Gasteiger partial charge on any atom is 0.298 e. The number of hydrogen-bond donors (Lipinski definition) is 6. The highest BCUT2D eigenvalue weighted by Gasteiger charge is 2.26. The lowest BCUT2D eigenvalue weighted by Gasteiger charge is -2.12. The molecule has 2 rings (SSSR count). The molecule has 0 amide bonds. The number of rotatable bonds is 6. The van der Waals surface area contributed by atoms with Gasteiger partial charge < -0.3 is 20.4 Å². The number of phenols is 4. The van der Waals surface area contributed by atoms with Gasteiger partial charge in [0.1, 0.15) is 32.8 Å². The van der Waals surface area contributed by atoms with Gasteiger partial charge in [0, 0.05) is 23.3 Å². The van der Waals surface area contributed by atoms with E-state index in [-0.39, 0.29) is 0 Å². The lowest BCUT2D eigenvalue weighted by molar-refractivity contribution is 0.428. The molecule has 6 N–H and O–H groups in total. The number of hydrogen-bond acceptors (Lipinski definition) is 10. The largest absolute Gasteiger partial charge is 0.508 e. The summed E-state index contributed by atoms with van der Waals surface area (Å²) in [6, 6.07) is 2.40. The predicted molar refractivity (Wildman–Crippen MR) is 95.5 cm³/mol. The van der Waals surface area contributed by atoms with Gasteiger partial charge in [0.15, 0.2) is 9.84 Å². The van der Waals surface area contributed by atoms with E-state index in [0.717, 1.165) is 0 Å². The van der Waals surface area contributed by atoms with Crippen molar-refractivity contribution in [1.82, 2.24) is 0 Å². The summed E-state index contributed by atoms with van der Waals surface area (Å²) in [5, 5.41) is 38.9. The second kappa shape index (κ2) is 7.34. The summed E-state index contributed by atoms with van der Waals surface area (Å²) in [6.07, 6.45) is 0. The number of sulfone groups is 1. The van der Waals surface area contributed by atoms with Crippen molar-refractivity contribution in [3.63, 3.8) is 0 Å². The molecule has 0 aliphatic carbocycles. The highest BCUT2D eigenvalue weighted by atomic mass is 32.2. The summed E-state index contributed by atoms with van der Waals surface area (Å²) in [5.41, 5.74) is -1.24. The Kier molecular flexibility index (Phi) is 5.75. The van der Waals surface area contributed by atoms with Gasteiger partial charge in [-0.3, -0.25) is 9.11 Å². The van der Waals surface area contributed by atoms with Crippen LogP contribution in [-0.2, 0) is 41.6 Å². The average Bonchev–Trinajstić information content (AvgIpc) is 2.51. The molecule has 29 heavy (non-hydrogen) atoms. The van der Waals surface area contributed by atoms with Crippen molar-refractivity contribution in [2.24, 2.45) is 0 Å². The van der Waals surface area contributed by atoms with Crippen molar-refractivity contribution < 1.29 is 54.8 Å². The van der Waals surface area contributed by atoms with Crippen LogP contribution < -0.4 is 0 Å². The van der Waals surface area contributed by atoms with E-state index in [1.807, 2.05) is 0 Å². The molecule has 12 nitrogen and oxygen atoms in total. The molecule has 0 saturated heterocycles. The van der Waals surface area contributed by atoms with Gasteiger partial charge in [-0.25, -0.2) is 8.42 Å². The molecule has 0 saturated carbocycles. The zero-order valence-electron chi connectivity index (χ0n) is 14.1. The van der Waals surface area contributed by atoms with Crippen molar-refractivity contribution in [2.75, 3.05) is 0 Å². The summed E-state index contributed by atoms with van der Waals surface area (Å²) in [4.78, 5) is -2.28. The Morgan fingerprint density at radius 3 is 1.17 bits per heavy atom. The quantitative estimate of drug-likeness (QED) is 0.244. The fraction of sp³-hybridized carbons (Fsp3) is 0.143. The van der Waals surface area contributed by atoms with Gasteiger partial charge in [-0.1, -0.05) is 0 Å². The maximum absolute atomic E-state index is 12.4. The summed E-state index contributed by atoms with van der Waals surface area (Å²) in [6.45, 7) is 0. The molecule has 0 bridgehead atoms. The molecule has 2 aromatic rings. The first-order chi connectivity index (χ1) is 13.0. The van der Waals surface area contributed by atoms with Crippen LogP contribution >= 0.6 is 0 Å². The van der Waals surface area contributed by atoms with Crippen LogP contribution in [0.25, 0.3) is 0 Å². The average molecular weight is 470 g/mol. The molecule has 160 valence electrons. The summed E-state index contributed by atoms with van der Waals surface area (Å²) < 4.78 is 87.8. The molecule has 0 aromatic heterocycles. The fourth-order valence-electron chi connectivity index (χ4n) is 2.44. The van der Waals surface area contributed by atoms with E-state index in [9.17, 15) is 45.7 Å². The van der Waals surface area contributed by atoms with Gasteiger partial charge in [-0.2, -0.15) is 16.8 Å². The zero-order chi connectivity index (χ0) is 22.4. The number of phenolic OH excluding ortho intramolecular Hbond substituents is 4. The highest BCUT2D eigenvalue weighted by Crippen LogP contribution is 2.35. The van der Waals surface area contributed by atoms with E-state index in [0.29, 0.717) is 24.3 Å². The number of aromatic hydroxyl groups is 4. The first-order valence-corrected chi connectivity index (χ1v) is 12.0. The zero-order valence-corrected chi connectivity index (χ0v) is 16.5. The van der Waals surface area contributed by atoms with E-state index < -0.39 is 85.5 Å². The summed E-state index contributed by atoms with van der Waals surface area (Å²) >= 11 is 0. The van der Waals surface area contributed by atoms with E-state index in [1.54, 1.807) is 0 Å². The predicted octanol–water partition coefficient (Wildman–Crippen LogP) is 0.117. The third-order valence-electron chi connectivity index (χ3n) is 3.58. The van der Waals surface area contributed by atoms with Gasteiger partial charge in [-0.15, -0.1) is 0 Å². The summed E-state index contributed by atoms with van der Waals surface area (Å²) in [5.74, 6) is -6.07. The molecular weight excluding hydrogens is 456 g/mol. The topological polar surface area (TPSA) is 224 Å². The molecule has 0 unspecified atom stereocenters. The van der Waals surface area contributed by atoms with Crippen molar-refractivity contribution in [3.05, 3.63) is 35.4 Å². The lowest BCUT2D eigenvalue weighted by atomic mass is 10.2. The van der Waals surface area contributed by atoms with Crippen molar-refractivity contribution >= 4 is 30.1 Å². The van der Waals surface area contributed by atoms with Crippen LogP contribution in [0.5, 0.6) is 23.0 Å². The van der Waals surface area contributed by atoms with Crippen molar-refractivity contribution in [3.8, 4) is 23.0 Å². The molecular formula is C14H14O12S3. The molecule has 0 radical (unpaired) electrons. The van der Waals surface area contributed by atoms with Crippen LogP contribution in [0.4, 0.5) is 0 Å². The van der Waals surface area contributed by atoms with Gasteiger partial charge in [-0.05, 0) is 12.1 Å². The Bertz CT molecular complexity index is 1200. The number of benzene rings is 2. The standard InChI is InChI=1S/C14H14O12S3/c15-9-1-7(13(17)11(3-9)28(21,22)23)5-27(19,20)6-8-2-10(16)4-12(14(8)18)29(24,25)26/h1-4,15-18H,5-6H2,(H,21,22,23)(H,24,25,26). The van der Waals surface area contributed by atoms with Gasteiger partial charge >= 0.3 is 0 Å². The van der Waals surface area contributed by atoms with Gasteiger partial charge in [0.25, 0.3) is 20.2 Å². The molecule has 0 fully saturated rings. The monoisotopic (exact) mass is 470 g/mol. The summed E-state index contributed by atoms with van der Waals surface area (Å²) in [7, 11) is -14.4. The third kappa shape index (κ3) is 5.27. The van der Waals surface area contributed by atoms with Crippen molar-refractivity contribution in [1.29, 1.82) is 0 Å². The maximum atomic E-state index is 12.4. The Labute approximate surface area is 164 Å². The van der Waals surface area contributed by atoms with Gasteiger partial charge in [0.2, 0.25) is 0 Å². The molecule has 2 aromatic carbocycles. The van der Waals surface area contributed by atoms with Crippen LogP contribution in [-0.4, -0.2) is 54.8 Å². The molecule has 0 aliphatic rings. The SMILES string of the molecule is O=S(=O)(Cc1cc(O)cc(S(=O)(=O)O)c1O)Cc1cc(O)cc(S(=O)(=O)O)c1O. The fourth-order valence-corrected chi connectivity index (χ4v) is 5.22. The first kappa shape index (κ1) is 22.7. The lowest BCUT2D eigenvalue weighted by Crippen LogP contribution is -2.10. The van der Waals surface area contributed by atoms with Crippen molar-refractivity contribution in [2.45, 2.75) is 21.3 Å². The van der Waals surface area contributed by atoms with Crippen LogP contribution in [0.15, 0.2) is 34.1 Å². The van der Waals surface area contributed by atoms with Crippen LogP contribution in [0.3, 0.4) is 0 Å². The van der Waals surface area contributed by atoms with E-state index >= 15 is 0 Å². The minimum Gasteiger partial charge on any atom is -0.508 e. The Balaban J connectivity index is 2.51. The normalized spacial score (nSPS) is 12.8. The molecule has 0 heterocycles. The molecule has 0 atom stereocenters. The highest BCUT2D eigenvalue weighted by molar-refractivity contribution is 7.89. The van der Waals surface area contributed by atoms with Crippen LogP contribution in [0.1, 0.15) is 11.1 Å². The third-order valence-corrected chi connectivity index (χ3v) is 6.82. The minimum absolute atomic E-state index is 0.486. The Morgan fingerprint density at radius 1 is 0.586 bits per heavy atom. The van der Waals surface area contributed by atoms with E-state index in [2.05, 4.69) is 0 Å². The first-order valence-electron chi connectivity index (χ1n) is 7.26. The van der Waals surface area contributed by atoms with Gasteiger partial charge in [0.05, 0.1) is 11.5 Å². The van der Waals surface area contributed by atoms with Crippen LogP contribution in [0.2, 0.25) is 0 Å². The smallest absolute Gasteiger partial charge is 0.298 e. The van der Waals surface area contributed by atoms with E-state index in [1.165, 1.54) is 0 Å². The molecule has 0 spiro atoms. The van der Waals surface area contributed by atoms with Crippen LogP contribution in [0, 0.1) is 0 Å². The minimum atomic E-state index is -5.00. The second-order valence-corrected chi connectivity index (χ2v) is 10.7. The molecule has 15 heteroatoms. The Morgan fingerprint density at radius 2 is 0.897 bits per heavy atom. The Hall–Kier alpha value is -2.59. The van der Waals surface area contributed by atoms with E-state index in [4.69, 9.17) is 9.11 Å². The second-order valence-electron chi connectivity index (χ2n) is 5.89. The molecule has 0 aliphatic heterocycles.